The first-order chi connectivity index (χ1) is 16.4. The van der Waals surface area contributed by atoms with Crippen molar-refractivity contribution in [1.82, 2.24) is 19.9 Å². The summed E-state index contributed by atoms with van der Waals surface area (Å²) in [6.07, 6.45) is 3.34. The largest absolute Gasteiger partial charge is 0.497 e. The third kappa shape index (κ3) is 4.42. The van der Waals surface area contributed by atoms with Crippen LogP contribution in [0.25, 0.3) is 22.2 Å². The number of halogens is 1. The molecular formula is C23H24ClN5O5. The molecule has 1 fully saturated rings. The lowest BCUT2D eigenvalue weighted by Crippen LogP contribution is -2.37. The summed E-state index contributed by atoms with van der Waals surface area (Å²) in [7, 11) is 3.00. The van der Waals surface area contributed by atoms with E-state index in [1.807, 2.05) is 0 Å². The van der Waals surface area contributed by atoms with Gasteiger partial charge in [-0.3, -0.25) is 9.59 Å². The number of aliphatic hydroxyl groups excluding tert-OH is 1. The van der Waals surface area contributed by atoms with Gasteiger partial charge >= 0.3 is 0 Å². The van der Waals surface area contributed by atoms with Gasteiger partial charge in [0.2, 0.25) is 11.9 Å². The van der Waals surface area contributed by atoms with Crippen molar-refractivity contribution in [3.63, 3.8) is 0 Å². The highest BCUT2D eigenvalue weighted by atomic mass is 35.5. The highest BCUT2D eigenvalue weighted by Crippen LogP contribution is 2.38. The summed E-state index contributed by atoms with van der Waals surface area (Å²) in [6, 6.07) is 4.48. The van der Waals surface area contributed by atoms with Crippen molar-refractivity contribution in [1.29, 1.82) is 0 Å². The number of pyridine rings is 1. The second-order valence-corrected chi connectivity index (χ2v) is 8.19. The number of aromatic amines is 1. The standard InChI is InChI=1S/C23H24ClN5O5/c1-4-19(31)29-10-13(6-14(29)11-30)26-23-25-9-12-5-17(22(32)27-21(12)28-23)16-7-15(33-2)8-18(34-3)20(16)24/h4-5,7-9,13-14,30H,1,6,10-11H2,2-3H3,(H2,25,26,27,28,32)/t13-,14-/m0/s1. The predicted octanol–water partition coefficient (Wildman–Crippen LogP) is 2.22. The van der Waals surface area contributed by atoms with Crippen LogP contribution in [0.4, 0.5) is 5.95 Å². The number of H-pyrrole nitrogens is 1. The fraction of sp³-hybridized carbons (Fsp3) is 0.304. The summed E-state index contributed by atoms with van der Waals surface area (Å²) < 4.78 is 10.6. The van der Waals surface area contributed by atoms with E-state index in [4.69, 9.17) is 21.1 Å². The van der Waals surface area contributed by atoms with Crippen molar-refractivity contribution in [2.24, 2.45) is 0 Å². The molecule has 0 saturated carbocycles. The molecule has 3 N–H and O–H groups in total. The third-order valence-electron chi connectivity index (χ3n) is 5.77. The number of benzene rings is 1. The van der Waals surface area contributed by atoms with E-state index in [1.165, 1.54) is 20.3 Å². The molecule has 11 heteroatoms. The van der Waals surface area contributed by atoms with E-state index in [1.54, 1.807) is 29.3 Å². The number of likely N-dealkylation sites (tertiary alicyclic amines) is 1. The third-order valence-corrected chi connectivity index (χ3v) is 6.16. The van der Waals surface area contributed by atoms with E-state index in [0.29, 0.717) is 52.6 Å². The van der Waals surface area contributed by atoms with Crippen molar-refractivity contribution in [3.05, 3.63) is 52.4 Å². The lowest BCUT2D eigenvalue weighted by molar-refractivity contribution is -0.127. The van der Waals surface area contributed by atoms with Gasteiger partial charge in [-0.25, -0.2) is 4.98 Å². The average molecular weight is 486 g/mol. The second kappa shape index (κ2) is 9.70. The number of hydrogen-bond donors (Lipinski definition) is 3. The molecule has 178 valence electrons. The van der Waals surface area contributed by atoms with Crippen LogP contribution < -0.4 is 20.3 Å². The van der Waals surface area contributed by atoms with Gasteiger partial charge in [-0.1, -0.05) is 18.2 Å². The molecule has 1 saturated heterocycles. The lowest BCUT2D eigenvalue weighted by Gasteiger charge is -2.20. The summed E-state index contributed by atoms with van der Waals surface area (Å²) in [5.41, 5.74) is 0.724. The Hall–Kier alpha value is -3.63. The summed E-state index contributed by atoms with van der Waals surface area (Å²) in [5, 5.41) is 13.6. The number of fused-ring (bicyclic) bond motifs is 1. The molecule has 1 aromatic carbocycles. The van der Waals surface area contributed by atoms with Crippen LogP contribution in [-0.2, 0) is 4.79 Å². The average Bonchev–Trinajstić information content (AvgIpc) is 3.26. The molecule has 4 rings (SSSR count). The minimum Gasteiger partial charge on any atom is -0.497 e. The SMILES string of the molecule is C=CC(=O)N1C[C@@H](Nc2ncc3cc(-c4cc(OC)cc(OC)c4Cl)c(=O)[nH]c3n2)C[C@H]1CO. The van der Waals surface area contributed by atoms with E-state index in [0.717, 1.165) is 0 Å². The van der Waals surface area contributed by atoms with Crippen molar-refractivity contribution in [2.45, 2.75) is 18.5 Å². The zero-order valence-electron chi connectivity index (χ0n) is 18.7. The maximum absolute atomic E-state index is 12.9. The summed E-state index contributed by atoms with van der Waals surface area (Å²) in [4.78, 5) is 38.0. The highest BCUT2D eigenvalue weighted by Gasteiger charge is 2.34. The molecule has 1 aliphatic heterocycles. The molecule has 1 aliphatic rings. The Kier molecular flexibility index (Phi) is 6.71. The first-order valence-electron chi connectivity index (χ1n) is 10.5. The van der Waals surface area contributed by atoms with Gasteiger partial charge < -0.3 is 29.8 Å². The molecule has 0 radical (unpaired) electrons. The Bertz CT molecular complexity index is 1310. The number of aromatic nitrogens is 3. The van der Waals surface area contributed by atoms with Crippen LogP contribution in [0.1, 0.15) is 6.42 Å². The van der Waals surface area contributed by atoms with Gasteiger partial charge in [0, 0.05) is 41.4 Å². The fourth-order valence-corrected chi connectivity index (χ4v) is 4.35. The number of carbonyl (C=O) groups excluding carboxylic acids is 1. The zero-order chi connectivity index (χ0) is 24.4. The molecule has 10 nitrogen and oxygen atoms in total. The lowest BCUT2D eigenvalue weighted by atomic mass is 10.1. The smallest absolute Gasteiger partial charge is 0.257 e. The number of methoxy groups -OCH3 is 2. The van der Waals surface area contributed by atoms with Crippen LogP contribution in [0.3, 0.4) is 0 Å². The van der Waals surface area contributed by atoms with E-state index in [2.05, 4.69) is 26.8 Å². The van der Waals surface area contributed by atoms with Gasteiger partial charge in [-0.05, 0) is 24.6 Å². The van der Waals surface area contributed by atoms with Gasteiger partial charge in [-0.2, -0.15) is 4.98 Å². The minimum absolute atomic E-state index is 0.149. The van der Waals surface area contributed by atoms with E-state index in [-0.39, 0.29) is 29.6 Å². The van der Waals surface area contributed by atoms with Gasteiger partial charge in [-0.15, -0.1) is 0 Å². The Morgan fingerprint density at radius 2 is 2.15 bits per heavy atom. The summed E-state index contributed by atoms with van der Waals surface area (Å²) in [6.45, 7) is 3.73. The topological polar surface area (TPSA) is 130 Å². The number of rotatable bonds is 7. The normalized spacial score (nSPS) is 17.6. The summed E-state index contributed by atoms with van der Waals surface area (Å²) in [5.74, 6) is 0.931. The quantitative estimate of drug-likeness (QED) is 0.434. The molecule has 3 aromatic rings. The Morgan fingerprint density at radius 3 is 2.82 bits per heavy atom. The van der Waals surface area contributed by atoms with Crippen LogP contribution in [-0.4, -0.2) is 70.3 Å². The Balaban J connectivity index is 1.64. The fourth-order valence-electron chi connectivity index (χ4n) is 4.06. The molecule has 2 atom stereocenters. The van der Waals surface area contributed by atoms with Gasteiger partial charge in [0.1, 0.15) is 17.1 Å². The molecule has 3 heterocycles. The Labute approximate surface area is 200 Å². The molecular weight excluding hydrogens is 462 g/mol. The maximum Gasteiger partial charge on any atom is 0.257 e. The van der Waals surface area contributed by atoms with Crippen molar-refractivity contribution >= 4 is 34.5 Å². The molecule has 2 aromatic heterocycles. The molecule has 1 amide bonds. The molecule has 0 unspecified atom stereocenters. The zero-order valence-corrected chi connectivity index (χ0v) is 19.4. The first kappa shape index (κ1) is 23.5. The van der Waals surface area contributed by atoms with Crippen molar-refractivity contribution < 1.29 is 19.4 Å². The monoisotopic (exact) mass is 485 g/mol. The number of ether oxygens (including phenoxy) is 2. The number of amides is 1. The summed E-state index contributed by atoms with van der Waals surface area (Å²) >= 11 is 6.46. The minimum atomic E-state index is -0.390. The van der Waals surface area contributed by atoms with Gasteiger partial charge in [0.05, 0.1) is 31.9 Å². The van der Waals surface area contributed by atoms with Crippen LogP contribution in [0.15, 0.2) is 41.8 Å². The number of carbonyl (C=O) groups is 1. The highest BCUT2D eigenvalue weighted by molar-refractivity contribution is 6.35. The van der Waals surface area contributed by atoms with E-state index in [9.17, 15) is 14.7 Å². The second-order valence-electron chi connectivity index (χ2n) is 7.81. The first-order valence-corrected chi connectivity index (χ1v) is 10.9. The maximum atomic E-state index is 12.9. The van der Waals surface area contributed by atoms with Crippen LogP contribution in [0, 0.1) is 0 Å². The predicted molar refractivity (Wildman–Crippen MR) is 129 cm³/mol. The van der Waals surface area contributed by atoms with Crippen LogP contribution >= 0.6 is 11.6 Å². The number of anilines is 1. The number of nitrogens with one attached hydrogen (secondary N) is 2. The molecule has 0 bridgehead atoms. The van der Waals surface area contributed by atoms with E-state index >= 15 is 0 Å². The molecule has 0 aliphatic carbocycles. The van der Waals surface area contributed by atoms with Crippen LogP contribution in [0.5, 0.6) is 11.5 Å². The number of hydrogen-bond acceptors (Lipinski definition) is 8. The number of aliphatic hydroxyl groups is 1. The van der Waals surface area contributed by atoms with Crippen LogP contribution in [0.2, 0.25) is 5.02 Å². The van der Waals surface area contributed by atoms with E-state index < -0.39 is 5.56 Å². The van der Waals surface area contributed by atoms with Crippen molar-refractivity contribution in [2.75, 3.05) is 32.7 Å². The van der Waals surface area contributed by atoms with Gasteiger partial charge in [0.25, 0.3) is 5.56 Å². The molecule has 34 heavy (non-hydrogen) atoms. The Morgan fingerprint density at radius 1 is 1.35 bits per heavy atom. The van der Waals surface area contributed by atoms with Crippen molar-refractivity contribution in [3.8, 4) is 22.6 Å². The number of nitrogens with zero attached hydrogens (tertiary/aromatic N) is 3. The molecule has 0 spiro atoms. The van der Waals surface area contributed by atoms with Gasteiger partial charge in [0.15, 0.2) is 0 Å².